The molecule has 0 spiro atoms. The molecule has 0 aliphatic carbocycles. The van der Waals surface area contributed by atoms with Crippen molar-refractivity contribution in [3.05, 3.63) is 71.8 Å². The molecule has 83 valence electrons. The van der Waals surface area contributed by atoms with E-state index in [1.165, 1.54) is 11.1 Å². The molecular formula is C14H14MnO. The minimum atomic E-state index is 0. The van der Waals surface area contributed by atoms with E-state index in [9.17, 15) is 0 Å². The molecule has 2 heteroatoms. The Morgan fingerprint density at radius 2 is 1.00 bits per heavy atom. The Labute approximate surface area is 107 Å². The predicted octanol–water partition coefficient (Wildman–Crippen LogP) is 3.40. The standard InChI is InChI=1S/C14H14O.Mn/c1-3-7-13(8-4-1)11-15-12-14-9-5-2-6-10-14;/h1-10H,11-12H2;. The molecule has 0 heterocycles. The molecule has 0 bridgehead atoms. The van der Waals surface area contributed by atoms with E-state index in [-0.39, 0.29) is 17.1 Å². The van der Waals surface area contributed by atoms with Crippen LogP contribution in [0.2, 0.25) is 0 Å². The van der Waals surface area contributed by atoms with E-state index >= 15 is 0 Å². The maximum Gasteiger partial charge on any atom is 0.0721 e. The van der Waals surface area contributed by atoms with Gasteiger partial charge in [-0.3, -0.25) is 0 Å². The van der Waals surface area contributed by atoms with Crippen LogP contribution < -0.4 is 0 Å². The molecule has 1 nitrogen and oxygen atoms in total. The Bertz CT molecular complexity index is 346. The summed E-state index contributed by atoms with van der Waals surface area (Å²) in [6.07, 6.45) is 0. The molecule has 1 radical (unpaired) electrons. The van der Waals surface area contributed by atoms with Crippen LogP contribution in [0, 0.1) is 0 Å². The van der Waals surface area contributed by atoms with Crippen molar-refractivity contribution < 1.29 is 21.8 Å². The van der Waals surface area contributed by atoms with E-state index in [0.717, 1.165) is 0 Å². The summed E-state index contributed by atoms with van der Waals surface area (Å²) in [7, 11) is 0. The zero-order valence-corrected chi connectivity index (χ0v) is 10.2. The molecule has 2 rings (SSSR count). The fourth-order valence-electron chi connectivity index (χ4n) is 1.44. The minimum Gasteiger partial charge on any atom is -0.372 e. The second-order valence-electron chi connectivity index (χ2n) is 3.46. The smallest absolute Gasteiger partial charge is 0.0721 e. The van der Waals surface area contributed by atoms with Crippen LogP contribution in [0.4, 0.5) is 0 Å². The second-order valence-corrected chi connectivity index (χ2v) is 3.46. The molecule has 0 saturated heterocycles. The van der Waals surface area contributed by atoms with Crippen LogP contribution in [0.1, 0.15) is 11.1 Å². The first-order valence-corrected chi connectivity index (χ1v) is 5.11. The van der Waals surface area contributed by atoms with Crippen molar-refractivity contribution >= 4 is 0 Å². The normalized spacial score (nSPS) is 9.50. The summed E-state index contributed by atoms with van der Waals surface area (Å²) in [5.74, 6) is 0. The summed E-state index contributed by atoms with van der Waals surface area (Å²) in [5, 5.41) is 0. The van der Waals surface area contributed by atoms with Gasteiger partial charge in [-0.2, -0.15) is 0 Å². The number of hydrogen-bond acceptors (Lipinski definition) is 1. The van der Waals surface area contributed by atoms with Crippen LogP contribution in [-0.2, 0) is 35.0 Å². The minimum absolute atomic E-state index is 0. The molecule has 16 heavy (non-hydrogen) atoms. The molecule has 0 aliphatic rings. The van der Waals surface area contributed by atoms with Gasteiger partial charge in [0.1, 0.15) is 0 Å². The Hall–Kier alpha value is -1.08. The van der Waals surface area contributed by atoms with Crippen LogP contribution in [0.3, 0.4) is 0 Å². The average Bonchev–Trinajstić information content (AvgIpc) is 2.32. The third-order valence-corrected chi connectivity index (χ3v) is 2.22. The third kappa shape index (κ3) is 4.19. The molecule has 0 fully saturated rings. The van der Waals surface area contributed by atoms with Gasteiger partial charge in [-0.1, -0.05) is 60.7 Å². The molecule has 0 aromatic heterocycles. The van der Waals surface area contributed by atoms with Crippen molar-refractivity contribution in [2.45, 2.75) is 13.2 Å². The zero-order chi connectivity index (χ0) is 10.3. The maximum absolute atomic E-state index is 5.61. The summed E-state index contributed by atoms with van der Waals surface area (Å²) in [4.78, 5) is 0. The first-order valence-electron chi connectivity index (χ1n) is 5.11. The molecule has 0 atom stereocenters. The van der Waals surface area contributed by atoms with E-state index in [4.69, 9.17) is 4.74 Å². The quantitative estimate of drug-likeness (QED) is 0.759. The largest absolute Gasteiger partial charge is 0.372 e. The van der Waals surface area contributed by atoms with Gasteiger partial charge in [0.2, 0.25) is 0 Å². The van der Waals surface area contributed by atoms with Crippen molar-refractivity contribution in [1.29, 1.82) is 0 Å². The Morgan fingerprint density at radius 1 is 0.625 bits per heavy atom. The number of rotatable bonds is 4. The topological polar surface area (TPSA) is 9.23 Å². The number of hydrogen-bond donors (Lipinski definition) is 0. The summed E-state index contributed by atoms with van der Waals surface area (Å²) < 4.78 is 5.61. The van der Waals surface area contributed by atoms with E-state index in [0.29, 0.717) is 13.2 Å². The zero-order valence-electron chi connectivity index (χ0n) is 8.97. The van der Waals surface area contributed by atoms with Crippen LogP contribution in [-0.4, -0.2) is 0 Å². The Kier molecular flexibility index (Phi) is 5.87. The first kappa shape index (κ1) is 13.0. The van der Waals surface area contributed by atoms with E-state index in [1.54, 1.807) is 0 Å². The van der Waals surface area contributed by atoms with Gasteiger partial charge in [-0.15, -0.1) is 0 Å². The van der Waals surface area contributed by atoms with Crippen LogP contribution >= 0.6 is 0 Å². The predicted molar refractivity (Wildman–Crippen MR) is 61.4 cm³/mol. The summed E-state index contributed by atoms with van der Waals surface area (Å²) in [6.45, 7) is 1.35. The van der Waals surface area contributed by atoms with Crippen molar-refractivity contribution in [3.63, 3.8) is 0 Å². The summed E-state index contributed by atoms with van der Waals surface area (Å²) in [5.41, 5.74) is 2.43. The average molecular weight is 253 g/mol. The molecule has 0 N–H and O–H groups in total. The molecule has 2 aromatic rings. The molecular weight excluding hydrogens is 239 g/mol. The fourth-order valence-corrected chi connectivity index (χ4v) is 1.44. The van der Waals surface area contributed by atoms with Gasteiger partial charge in [-0.05, 0) is 11.1 Å². The van der Waals surface area contributed by atoms with Gasteiger partial charge in [0.15, 0.2) is 0 Å². The molecule has 0 amide bonds. The van der Waals surface area contributed by atoms with Crippen LogP contribution in [0.15, 0.2) is 60.7 Å². The SMILES string of the molecule is [Mn].c1ccc(COCc2ccccc2)cc1. The fraction of sp³-hybridized carbons (Fsp3) is 0.143. The third-order valence-electron chi connectivity index (χ3n) is 2.22. The maximum atomic E-state index is 5.61. The van der Waals surface area contributed by atoms with Gasteiger partial charge in [-0.25, -0.2) is 0 Å². The van der Waals surface area contributed by atoms with Gasteiger partial charge in [0.25, 0.3) is 0 Å². The first-order chi connectivity index (χ1) is 7.45. The van der Waals surface area contributed by atoms with E-state index < -0.39 is 0 Å². The van der Waals surface area contributed by atoms with Gasteiger partial charge >= 0.3 is 0 Å². The Morgan fingerprint density at radius 3 is 1.38 bits per heavy atom. The van der Waals surface area contributed by atoms with Crippen molar-refractivity contribution in [3.8, 4) is 0 Å². The van der Waals surface area contributed by atoms with Gasteiger partial charge in [0.05, 0.1) is 13.2 Å². The van der Waals surface area contributed by atoms with Crippen LogP contribution in [0.25, 0.3) is 0 Å². The molecule has 0 unspecified atom stereocenters. The van der Waals surface area contributed by atoms with Crippen LogP contribution in [0.5, 0.6) is 0 Å². The Balaban J connectivity index is 0.00000128. The molecule has 2 aromatic carbocycles. The van der Waals surface area contributed by atoms with E-state index in [2.05, 4.69) is 24.3 Å². The van der Waals surface area contributed by atoms with Crippen molar-refractivity contribution in [2.24, 2.45) is 0 Å². The van der Waals surface area contributed by atoms with Gasteiger partial charge < -0.3 is 4.74 Å². The monoisotopic (exact) mass is 253 g/mol. The van der Waals surface area contributed by atoms with Crippen molar-refractivity contribution in [1.82, 2.24) is 0 Å². The summed E-state index contributed by atoms with van der Waals surface area (Å²) >= 11 is 0. The number of benzene rings is 2. The van der Waals surface area contributed by atoms with Crippen molar-refractivity contribution in [2.75, 3.05) is 0 Å². The second kappa shape index (κ2) is 7.24. The molecule has 0 saturated carbocycles. The molecule has 0 aliphatic heterocycles. The van der Waals surface area contributed by atoms with E-state index in [1.807, 2.05) is 36.4 Å². The summed E-state index contributed by atoms with van der Waals surface area (Å²) in [6, 6.07) is 20.4. The number of ether oxygens (including phenoxy) is 1. The van der Waals surface area contributed by atoms with Gasteiger partial charge in [0, 0.05) is 17.1 Å².